The minimum Gasteiger partial charge on any atom is -0.477 e. The molecule has 0 aromatic carbocycles. The molecule has 23 nitrogen and oxygen atoms in total. The second-order valence-electron chi connectivity index (χ2n) is 20.3. The molecule has 85 heavy (non-hydrogen) atoms. The third-order valence-electron chi connectivity index (χ3n) is 13.8. The van der Waals surface area contributed by atoms with Crippen LogP contribution in [0.15, 0.2) is 82.4 Å². The summed E-state index contributed by atoms with van der Waals surface area (Å²) in [5.41, 5.74) is 3.87. The van der Waals surface area contributed by atoms with Crippen molar-refractivity contribution < 1.29 is 83.0 Å². The Morgan fingerprint density at radius 2 is 1.01 bits per heavy atom. The lowest BCUT2D eigenvalue weighted by Gasteiger charge is -2.09. The monoisotopic (exact) mass is 1230 g/mol. The Kier molecular flexibility index (Phi) is 19.2. The van der Waals surface area contributed by atoms with Crippen molar-refractivity contribution in [2.24, 2.45) is 23.7 Å². The van der Waals surface area contributed by atoms with Gasteiger partial charge in [0.15, 0.2) is 0 Å². The van der Waals surface area contributed by atoms with Crippen LogP contribution in [-0.2, 0) is 55.4 Å². The van der Waals surface area contributed by atoms with E-state index in [9.17, 15) is 63.4 Å². The van der Waals surface area contributed by atoms with E-state index in [1.807, 2.05) is 21.3 Å². The highest BCUT2D eigenvalue weighted by atomic mass is 35.5. The summed E-state index contributed by atoms with van der Waals surface area (Å²) < 4.78 is 104. The van der Waals surface area contributed by atoms with E-state index in [4.69, 9.17) is 36.0 Å². The first-order valence-corrected chi connectivity index (χ1v) is 28.2. The maximum absolute atomic E-state index is 12.3. The molecule has 12 rings (SSSR count). The summed E-state index contributed by atoms with van der Waals surface area (Å²) in [6, 6.07) is 19.7. The predicted molar refractivity (Wildman–Crippen MR) is 295 cm³/mol. The number of carboxylic acids is 2. The third-order valence-corrected chi connectivity index (χ3v) is 14.8. The van der Waals surface area contributed by atoms with Gasteiger partial charge in [-0.2, -0.15) is 31.0 Å². The molecule has 4 fully saturated rings. The first kappa shape index (κ1) is 62.4. The molecule has 0 amide bonds. The van der Waals surface area contributed by atoms with E-state index >= 15 is 0 Å². The molecule has 0 atom stereocenters. The minimum atomic E-state index is -6.33. The molecule has 454 valence electrons. The number of aromatic amines is 2. The van der Waals surface area contributed by atoms with Gasteiger partial charge in [-0.1, -0.05) is 15.5 Å². The number of hydrogen-bond acceptors (Lipinski definition) is 15. The molecule has 4 saturated carbocycles. The van der Waals surface area contributed by atoms with Crippen molar-refractivity contribution in [3.63, 3.8) is 0 Å². The van der Waals surface area contributed by atoms with Gasteiger partial charge in [0.1, 0.15) is 50.5 Å². The predicted octanol–water partition coefficient (Wildman–Crippen LogP) is 9.04. The molecular weight excluding hydrogens is 1180 g/mol. The number of carboxylic acid groups (broad SMARTS) is 2. The minimum absolute atomic E-state index is 0.158. The average molecular weight is 1230 g/mol. The Morgan fingerprint density at radius 1 is 0.624 bits per heavy atom. The largest absolute Gasteiger partial charge is 0.477 e. The Morgan fingerprint density at radius 3 is 1.41 bits per heavy atom. The molecule has 4 aliphatic rings. The van der Waals surface area contributed by atoms with Gasteiger partial charge in [-0.3, -0.25) is 9.59 Å². The van der Waals surface area contributed by atoms with Crippen LogP contribution in [0.5, 0.6) is 5.88 Å². The molecule has 0 bridgehead atoms. The number of hydrogen-bond donors (Lipinski definition) is 4. The molecule has 0 unspecified atom stereocenters. The Balaban J connectivity index is 0.000000141. The Hall–Kier alpha value is -8.60. The summed E-state index contributed by atoms with van der Waals surface area (Å²) in [7, 11) is -3.66. The van der Waals surface area contributed by atoms with Gasteiger partial charge in [0.25, 0.3) is 0 Å². The van der Waals surface area contributed by atoms with E-state index in [1.54, 1.807) is 58.5 Å². The highest BCUT2D eigenvalue weighted by molar-refractivity contribution is 7.88. The third kappa shape index (κ3) is 15.6. The van der Waals surface area contributed by atoms with Gasteiger partial charge in [-0.15, -0.1) is 0 Å². The van der Waals surface area contributed by atoms with Crippen LogP contribution in [0.4, 0.5) is 21.4 Å². The Labute approximate surface area is 483 Å². The number of aromatic carboxylic acids is 1. The lowest BCUT2D eigenvalue weighted by molar-refractivity contribution is -0.154. The Bertz CT molecular complexity index is 4070. The second-order valence-corrected chi connectivity index (χ2v) is 22.1. The maximum atomic E-state index is 12.3. The number of halogens is 6. The summed E-state index contributed by atoms with van der Waals surface area (Å²) in [5, 5.41) is 14.9. The lowest BCUT2D eigenvalue weighted by Crippen LogP contribution is -2.34. The fourth-order valence-corrected chi connectivity index (χ4v) is 9.23. The van der Waals surface area contributed by atoms with Gasteiger partial charge < -0.3 is 57.4 Å². The molecule has 4 N–H and O–H groups in total. The molecule has 30 heteroatoms. The van der Waals surface area contributed by atoms with Crippen LogP contribution < -0.4 is 15.9 Å². The van der Waals surface area contributed by atoms with Crippen LogP contribution in [-0.4, -0.2) is 119 Å². The van der Waals surface area contributed by atoms with Crippen molar-refractivity contribution in [2.75, 3.05) is 20.8 Å². The van der Waals surface area contributed by atoms with Gasteiger partial charge in [-0.05, 0) is 137 Å². The lowest BCUT2D eigenvalue weighted by atomic mass is 10.3. The summed E-state index contributed by atoms with van der Waals surface area (Å²) in [6.07, 6.45) is 9.23. The molecule has 0 radical (unpaired) electrons. The number of carbonyl (C=O) groups is 5. The topological polar surface area (TPSA) is 308 Å². The first-order valence-electron chi connectivity index (χ1n) is 26.5. The number of pyridine rings is 4. The number of alkyl halides is 4. The normalized spacial score (nSPS) is 14.7. The zero-order chi connectivity index (χ0) is 61.7. The molecule has 8 aromatic heterocycles. The molecular formula is C55H56ClF5N8O15S. The standard InChI is InChI=1S/C14H15ClN2O2.C14H14F2N2O3.C13H14N2O3.C12H12N2O3.C2HF3O4S/c1-2-19-14(18)11-7-10-5-6-12(15)16-13(10)17(11)8-9-3-4-9;1-20-13(19)10-6-9-4-5-11(21-14(15)16)17-12(9)18(10)7-8-2-3-8;1-18-13(17)10-6-9-4-5-11(16)14-12(9)15(10)7-8-2-3-8;15-10-4-3-8-5-9(12(16)17)14(11(8)13-10)6-7-1-2-7;3-2(4,1(6)7)10(5,8)9/h5-7,9H,2-4,8H2,1H3;4-6,8,14H,2-3,7H2,1H3;4-6,8H,2-3,7H2,1H3,(H,14,16);3-5,7H,1-2,6H2,(H,13,15)(H,16,17);(H,6,7). The number of nitrogens with one attached hydrogen (secondary N) is 2. The van der Waals surface area contributed by atoms with E-state index in [1.165, 1.54) is 58.1 Å². The summed E-state index contributed by atoms with van der Waals surface area (Å²) in [6.45, 7) is 2.11. The smallest absolute Gasteiger partial charge is 0.470 e. The van der Waals surface area contributed by atoms with Crippen LogP contribution in [0, 0.1) is 23.7 Å². The fraction of sp³-hybridized carbons (Fsp3) is 0.400. The van der Waals surface area contributed by atoms with E-state index in [2.05, 4.69) is 24.7 Å². The SMILES string of the molecule is CCOC(=O)c1cc2ccc(Cl)nc2n1CC1CC1.COC(=O)c1cc2ccc(=O)[nH]c2n1CC1CC1.COC(=O)c1cc2ccc(OC(F)F)nc2n1CC1CC1.O=C(O)C(F)(F)S(=O)(=O)F.O=C(O)c1cc2ccc(=O)[nH]c2n1CC1CC1. The van der Waals surface area contributed by atoms with Gasteiger partial charge in [0, 0.05) is 65.9 Å². The molecule has 0 aliphatic heterocycles. The second kappa shape index (κ2) is 26.1. The number of methoxy groups -OCH3 is 2. The van der Waals surface area contributed by atoms with Crippen molar-refractivity contribution in [2.45, 2.75) is 96.3 Å². The highest BCUT2D eigenvalue weighted by Gasteiger charge is 2.54. The van der Waals surface area contributed by atoms with Gasteiger partial charge in [0.05, 0.1) is 20.8 Å². The molecule has 8 aromatic rings. The fourth-order valence-electron chi connectivity index (χ4n) is 8.88. The zero-order valence-electron chi connectivity index (χ0n) is 45.6. The number of fused-ring (bicyclic) bond motifs is 4. The van der Waals surface area contributed by atoms with E-state index in [0.717, 1.165) is 60.6 Å². The van der Waals surface area contributed by atoms with Crippen molar-refractivity contribution in [1.29, 1.82) is 0 Å². The van der Waals surface area contributed by atoms with Crippen molar-refractivity contribution >= 4 is 95.8 Å². The van der Waals surface area contributed by atoms with E-state index in [0.29, 0.717) is 87.9 Å². The van der Waals surface area contributed by atoms with Gasteiger partial charge in [-0.25, -0.2) is 29.0 Å². The van der Waals surface area contributed by atoms with Crippen molar-refractivity contribution in [3.05, 3.63) is 121 Å². The molecule has 0 saturated heterocycles. The number of esters is 3. The number of aliphatic carboxylic acids is 1. The van der Waals surface area contributed by atoms with Crippen LogP contribution in [0.25, 0.3) is 44.1 Å². The number of ether oxygens (including phenoxy) is 4. The van der Waals surface area contributed by atoms with E-state index in [-0.39, 0.29) is 34.6 Å². The maximum Gasteiger partial charge on any atom is 0.470 e. The van der Waals surface area contributed by atoms with Crippen LogP contribution in [0.1, 0.15) is 100 Å². The van der Waals surface area contributed by atoms with Crippen molar-refractivity contribution in [3.8, 4) is 5.88 Å². The number of aromatic nitrogens is 8. The highest BCUT2D eigenvalue weighted by Crippen LogP contribution is 2.36. The van der Waals surface area contributed by atoms with Crippen molar-refractivity contribution in [1.82, 2.24) is 38.2 Å². The average Bonchev–Trinajstić information content (AvgIpc) is 1.98. The summed E-state index contributed by atoms with van der Waals surface area (Å²) in [4.78, 5) is 92.7. The number of carbonyl (C=O) groups excluding carboxylic acids is 3. The molecule has 8 heterocycles. The number of rotatable bonds is 17. The van der Waals surface area contributed by atoms with Crippen LogP contribution >= 0.6 is 11.6 Å². The summed E-state index contributed by atoms with van der Waals surface area (Å²) >= 11 is 5.95. The quantitative estimate of drug-likeness (QED) is 0.0217. The van der Waals surface area contributed by atoms with Gasteiger partial charge in [0.2, 0.25) is 17.0 Å². The van der Waals surface area contributed by atoms with Crippen LogP contribution in [0.2, 0.25) is 5.15 Å². The number of nitrogens with zero attached hydrogens (tertiary/aromatic N) is 6. The summed E-state index contributed by atoms with van der Waals surface area (Å²) in [5.74, 6) is -2.99. The number of H-pyrrole nitrogens is 2. The first-order chi connectivity index (χ1) is 40.3. The molecule has 0 spiro atoms. The zero-order valence-corrected chi connectivity index (χ0v) is 47.1. The van der Waals surface area contributed by atoms with Gasteiger partial charge >= 0.3 is 51.9 Å². The van der Waals surface area contributed by atoms with E-state index < -0.39 is 40.0 Å². The molecule has 4 aliphatic carbocycles. The van der Waals surface area contributed by atoms with Crippen LogP contribution in [0.3, 0.4) is 0 Å².